The summed E-state index contributed by atoms with van der Waals surface area (Å²) in [5.41, 5.74) is 2.63. The predicted octanol–water partition coefficient (Wildman–Crippen LogP) is 4.42. The monoisotopic (exact) mass is 352 g/mol. The average Bonchev–Trinajstić information content (AvgIpc) is 2.53. The molecular formula is C14H10BrClN2O2. The molecular weight excluding hydrogens is 344 g/mol. The molecule has 0 fully saturated rings. The molecule has 0 aliphatic carbocycles. The van der Waals surface area contributed by atoms with E-state index in [-0.39, 0.29) is 5.91 Å². The lowest BCUT2D eigenvalue weighted by atomic mass is 10.1. The van der Waals surface area contributed by atoms with Crippen molar-refractivity contribution >= 4 is 50.5 Å². The van der Waals surface area contributed by atoms with Crippen molar-refractivity contribution in [2.75, 3.05) is 17.7 Å². The van der Waals surface area contributed by atoms with Crippen molar-refractivity contribution in [2.24, 2.45) is 0 Å². The van der Waals surface area contributed by atoms with E-state index in [1.54, 1.807) is 31.4 Å². The van der Waals surface area contributed by atoms with Crippen LogP contribution in [0.5, 0.6) is 5.75 Å². The molecule has 3 rings (SSSR count). The summed E-state index contributed by atoms with van der Waals surface area (Å²) < 4.78 is 6.03. The molecule has 0 saturated carbocycles. The van der Waals surface area contributed by atoms with Crippen LogP contribution in [0.3, 0.4) is 0 Å². The lowest BCUT2D eigenvalue weighted by Gasteiger charge is -2.12. The molecule has 0 atom stereocenters. The Kier molecular flexibility index (Phi) is 3.31. The maximum atomic E-state index is 12.2. The van der Waals surface area contributed by atoms with Crippen molar-refractivity contribution < 1.29 is 9.53 Å². The van der Waals surface area contributed by atoms with Gasteiger partial charge in [-0.2, -0.15) is 0 Å². The van der Waals surface area contributed by atoms with Crippen LogP contribution >= 0.6 is 27.5 Å². The van der Waals surface area contributed by atoms with Gasteiger partial charge in [-0.3, -0.25) is 4.79 Å². The highest BCUT2D eigenvalue weighted by Gasteiger charge is 2.20. The Balaban J connectivity index is 2.16. The van der Waals surface area contributed by atoms with Crippen molar-refractivity contribution in [3.05, 3.63) is 45.4 Å². The van der Waals surface area contributed by atoms with E-state index in [9.17, 15) is 4.79 Å². The van der Waals surface area contributed by atoms with Crippen LogP contribution in [-0.4, -0.2) is 13.0 Å². The van der Waals surface area contributed by atoms with Crippen LogP contribution in [-0.2, 0) is 0 Å². The summed E-state index contributed by atoms with van der Waals surface area (Å²) in [6.07, 6.45) is 0. The number of carbonyl (C=O) groups excluding carboxylic acids is 1. The normalized spacial score (nSPS) is 12.7. The van der Waals surface area contributed by atoms with Gasteiger partial charge in [0.15, 0.2) is 0 Å². The highest BCUT2D eigenvalue weighted by atomic mass is 79.9. The van der Waals surface area contributed by atoms with Crippen molar-refractivity contribution in [1.29, 1.82) is 0 Å². The first-order valence-electron chi connectivity index (χ1n) is 5.84. The second-order valence-electron chi connectivity index (χ2n) is 4.30. The zero-order chi connectivity index (χ0) is 14.3. The third-order valence-corrected chi connectivity index (χ3v) is 3.89. The number of halogens is 2. The quantitative estimate of drug-likeness (QED) is 0.798. The van der Waals surface area contributed by atoms with Gasteiger partial charge in [-0.1, -0.05) is 11.6 Å². The summed E-state index contributed by atoms with van der Waals surface area (Å²) in [5.74, 6) is 0.496. The number of carbonyl (C=O) groups is 1. The molecule has 6 heteroatoms. The fraction of sp³-hybridized carbons (Fsp3) is 0.0714. The fourth-order valence-corrected chi connectivity index (χ4v) is 2.75. The molecule has 0 bridgehead atoms. The van der Waals surface area contributed by atoms with E-state index in [1.807, 2.05) is 6.07 Å². The molecule has 102 valence electrons. The number of hydrogen-bond acceptors (Lipinski definition) is 3. The number of ether oxygens (including phenoxy) is 1. The van der Waals surface area contributed by atoms with Crippen LogP contribution in [0.4, 0.5) is 17.1 Å². The fourth-order valence-electron chi connectivity index (χ4n) is 2.07. The van der Waals surface area contributed by atoms with Gasteiger partial charge < -0.3 is 15.4 Å². The zero-order valence-electron chi connectivity index (χ0n) is 10.5. The SMILES string of the molecule is COc1cc2c(cc1Br)NC(=O)c1ccc(Cl)cc1N2. The molecule has 0 radical (unpaired) electrons. The van der Waals surface area contributed by atoms with E-state index in [2.05, 4.69) is 26.6 Å². The van der Waals surface area contributed by atoms with E-state index in [0.29, 0.717) is 27.7 Å². The van der Waals surface area contributed by atoms with Gasteiger partial charge in [0.05, 0.1) is 34.2 Å². The van der Waals surface area contributed by atoms with Crippen molar-refractivity contribution in [3.8, 4) is 5.75 Å². The smallest absolute Gasteiger partial charge is 0.257 e. The number of hydrogen-bond donors (Lipinski definition) is 2. The molecule has 4 nitrogen and oxygen atoms in total. The number of nitrogens with one attached hydrogen (secondary N) is 2. The molecule has 20 heavy (non-hydrogen) atoms. The van der Waals surface area contributed by atoms with Crippen LogP contribution in [0.2, 0.25) is 5.02 Å². The third kappa shape index (κ3) is 2.23. The molecule has 0 unspecified atom stereocenters. The van der Waals surface area contributed by atoms with Gasteiger partial charge in [0, 0.05) is 11.1 Å². The van der Waals surface area contributed by atoms with Gasteiger partial charge >= 0.3 is 0 Å². The molecule has 0 spiro atoms. The van der Waals surface area contributed by atoms with Crippen molar-refractivity contribution in [2.45, 2.75) is 0 Å². The number of rotatable bonds is 1. The number of benzene rings is 2. The van der Waals surface area contributed by atoms with E-state index in [0.717, 1.165) is 10.2 Å². The standard InChI is InChI=1S/C14H10BrClN2O2/c1-20-13-6-12-11(5-9(13)15)18-14(19)8-3-2-7(16)4-10(8)17-12/h2-6,17H,1H3,(H,18,19). The highest BCUT2D eigenvalue weighted by molar-refractivity contribution is 9.10. The largest absolute Gasteiger partial charge is 0.495 e. The third-order valence-electron chi connectivity index (χ3n) is 3.04. The molecule has 0 saturated heterocycles. The van der Waals surface area contributed by atoms with E-state index in [4.69, 9.17) is 16.3 Å². The molecule has 1 amide bonds. The summed E-state index contributed by atoms with van der Waals surface area (Å²) >= 11 is 9.39. The minimum absolute atomic E-state index is 0.181. The molecule has 1 aliphatic heterocycles. The Bertz CT molecular complexity index is 719. The molecule has 1 heterocycles. The van der Waals surface area contributed by atoms with Gasteiger partial charge in [0.1, 0.15) is 5.75 Å². The van der Waals surface area contributed by atoms with Crippen LogP contribution in [0.25, 0.3) is 0 Å². The highest BCUT2D eigenvalue weighted by Crippen LogP contribution is 2.39. The van der Waals surface area contributed by atoms with Crippen LogP contribution < -0.4 is 15.4 Å². The summed E-state index contributed by atoms with van der Waals surface area (Å²) in [5, 5.41) is 6.63. The number of amides is 1. The Labute approximate surface area is 129 Å². The molecule has 2 N–H and O–H groups in total. The maximum absolute atomic E-state index is 12.2. The maximum Gasteiger partial charge on any atom is 0.257 e. The van der Waals surface area contributed by atoms with E-state index in [1.165, 1.54) is 0 Å². The Morgan fingerprint density at radius 1 is 1.10 bits per heavy atom. The molecule has 2 aromatic rings. The van der Waals surface area contributed by atoms with Gasteiger partial charge in [0.25, 0.3) is 5.91 Å². The summed E-state index contributed by atoms with van der Waals surface area (Å²) in [7, 11) is 1.59. The summed E-state index contributed by atoms with van der Waals surface area (Å²) in [6, 6.07) is 8.72. The minimum atomic E-state index is -0.181. The van der Waals surface area contributed by atoms with Gasteiger partial charge in [-0.25, -0.2) is 0 Å². The average molecular weight is 354 g/mol. The first-order chi connectivity index (χ1) is 9.58. The van der Waals surface area contributed by atoms with Crippen molar-refractivity contribution in [3.63, 3.8) is 0 Å². The lowest BCUT2D eigenvalue weighted by molar-refractivity contribution is 0.102. The second-order valence-corrected chi connectivity index (χ2v) is 5.59. The summed E-state index contributed by atoms with van der Waals surface area (Å²) in [4.78, 5) is 12.2. The number of methoxy groups -OCH3 is 1. The van der Waals surface area contributed by atoms with E-state index < -0.39 is 0 Å². The van der Waals surface area contributed by atoms with Crippen LogP contribution in [0.1, 0.15) is 10.4 Å². The predicted molar refractivity (Wildman–Crippen MR) is 83.4 cm³/mol. The molecule has 1 aliphatic rings. The Morgan fingerprint density at radius 3 is 2.60 bits per heavy atom. The second kappa shape index (κ2) is 5.00. The Hall–Kier alpha value is -1.72. The first-order valence-corrected chi connectivity index (χ1v) is 7.01. The summed E-state index contributed by atoms with van der Waals surface area (Å²) in [6.45, 7) is 0. The van der Waals surface area contributed by atoms with Crippen molar-refractivity contribution in [1.82, 2.24) is 0 Å². The molecule has 2 aromatic carbocycles. The minimum Gasteiger partial charge on any atom is -0.495 e. The molecule has 0 aromatic heterocycles. The van der Waals surface area contributed by atoms with Crippen LogP contribution in [0.15, 0.2) is 34.8 Å². The number of fused-ring (bicyclic) bond motifs is 2. The van der Waals surface area contributed by atoms with Gasteiger partial charge in [0.2, 0.25) is 0 Å². The van der Waals surface area contributed by atoms with Gasteiger partial charge in [-0.15, -0.1) is 0 Å². The Morgan fingerprint density at radius 2 is 1.85 bits per heavy atom. The van der Waals surface area contributed by atoms with Crippen LogP contribution in [0, 0.1) is 0 Å². The lowest BCUT2D eigenvalue weighted by Crippen LogP contribution is -2.10. The van der Waals surface area contributed by atoms with Gasteiger partial charge in [-0.05, 0) is 40.2 Å². The zero-order valence-corrected chi connectivity index (χ0v) is 12.8. The topological polar surface area (TPSA) is 50.4 Å². The number of anilines is 3. The van der Waals surface area contributed by atoms with E-state index >= 15 is 0 Å². The first kappa shape index (κ1) is 13.3.